The average Bonchev–Trinajstić information content (AvgIpc) is 2.69. The van der Waals surface area contributed by atoms with Crippen LogP contribution >= 0.6 is 0 Å². The topological polar surface area (TPSA) is 73.6 Å². The maximum absolute atomic E-state index is 11.5. The van der Waals surface area contributed by atoms with E-state index in [0.717, 1.165) is 12.8 Å². The minimum absolute atomic E-state index is 0.106. The molecule has 0 bridgehead atoms. The highest BCUT2D eigenvalue weighted by atomic mass is 16.6. The zero-order chi connectivity index (χ0) is 12.9. The van der Waals surface area contributed by atoms with Gasteiger partial charge in [-0.2, -0.15) is 0 Å². The first-order valence-electron chi connectivity index (χ1n) is 6.25. The summed E-state index contributed by atoms with van der Waals surface area (Å²) in [5.74, 6) is 5.73. The van der Waals surface area contributed by atoms with Gasteiger partial charge in [-0.25, -0.2) is 10.7 Å². The SMILES string of the molecule is CC(C)(C)OC(=O)NCC(ON)C1CCCC1. The predicted molar refractivity (Wildman–Crippen MR) is 65.3 cm³/mol. The van der Waals surface area contributed by atoms with Gasteiger partial charge in [-0.05, 0) is 39.5 Å². The molecule has 1 unspecified atom stereocenters. The second-order valence-corrected chi connectivity index (χ2v) is 5.60. The third-order valence-corrected chi connectivity index (χ3v) is 2.95. The quantitative estimate of drug-likeness (QED) is 0.741. The number of nitrogens with one attached hydrogen (secondary N) is 1. The number of alkyl carbamates (subject to hydrolysis) is 1. The van der Waals surface area contributed by atoms with E-state index >= 15 is 0 Å². The first kappa shape index (κ1) is 14.3. The smallest absolute Gasteiger partial charge is 0.407 e. The fraction of sp³-hybridized carbons (Fsp3) is 0.917. The van der Waals surface area contributed by atoms with Gasteiger partial charge in [0.05, 0.1) is 6.10 Å². The van der Waals surface area contributed by atoms with E-state index in [1.807, 2.05) is 20.8 Å². The normalized spacial score (nSPS) is 19.1. The molecule has 5 nitrogen and oxygen atoms in total. The van der Waals surface area contributed by atoms with E-state index in [1.54, 1.807) is 0 Å². The van der Waals surface area contributed by atoms with Crippen molar-refractivity contribution in [3.63, 3.8) is 0 Å². The van der Waals surface area contributed by atoms with Crippen molar-refractivity contribution in [2.75, 3.05) is 6.54 Å². The van der Waals surface area contributed by atoms with Gasteiger partial charge in [-0.1, -0.05) is 12.8 Å². The van der Waals surface area contributed by atoms with Gasteiger partial charge in [0.25, 0.3) is 0 Å². The molecule has 0 radical (unpaired) electrons. The van der Waals surface area contributed by atoms with Gasteiger partial charge in [0, 0.05) is 6.54 Å². The molecule has 1 aliphatic rings. The molecule has 1 saturated carbocycles. The largest absolute Gasteiger partial charge is 0.444 e. The number of nitrogens with two attached hydrogens (primary N) is 1. The molecule has 3 N–H and O–H groups in total. The number of hydrogen-bond donors (Lipinski definition) is 2. The fourth-order valence-corrected chi connectivity index (χ4v) is 2.15. The Kier molecular flexibility index (Phi) is 5.21. The van der Waals surface area contributed by atoms with Crippen LogP contribution in [0.3, 0.4) is 0 Å². The van der Waals surface area contributed by atoms with Gasteiger partial charge in [-0.3, -0.25) is 4.84 Å². The van der Waals surface area contributed by atoms with E-state index in [1.165, 1.54) is 12.8 Å². The molecule has 0 saturated heterocycles. The molecule has 0 aliphatic heterocycles. The standard InChI is InChI=1S/C12H24N2O3/c1-12(2,3)16-11(15)14-8-10(17-13)9-6-4-5-7-9/h9-10H,4-8,13H2,1-3H3,(H,14,15). The van der Waals surface area contributed by atoms with Crippen molar-refractivity contribution in [1.29, 1.82) is 0 Å². The van der Waals surface area contributed by atoms with Crippen LogP contribution in [0.25, 0.3) is 0 Å². The Morgan fingerprint density at radius 2 is 2.00 bits per heavy atom. The molecule has 0 aromatic heterocycles. The molecular weight excluding hydrogens is 220 g/mol. The van der Waals surface area contributed by atoms with Gasteiger partial charge in [0.2, 0.25) is 0 Å². The van der Waals surface area contributed by atoms with E-state index in [-0.39, 0.29) is 6.10 Å². The summed E-state index contributed by atoms with van der Waals surface area (Å²) >= 11 is 0. The van der Waals surface area contributed by atoms with E-state index < -0.39 is 11.7 Å². The highest BCUT2D eigenvalue weighted by Crippen LogP contribution is 2.28. The molecule has 0 aromatic carbocycles. The van der Waals surface area contributed by atoms with E-state index in [9.17, 15) is 4.79 Å². The maximum Gasteiger partial charge on any atom is 0.407 e. The van der Waals surface area contributed by atoms with Gasteiger partial charge < -0.3 is 10.1 Å². The predicted octanol–water partition coefficient (Wildman–Crippen LogP) is 1.96. The van der Waals surface area contributed by atoms with Crippen LogP contribution in [0.15, 0.2) is 0 Å². The number of carbonyl (C=O) groups excluding carboxylic acids is 1. The fourth-order valence-electron chi connectivity index (χ4n) is 2.15. The zero-order valence-corrected chi connectivity index (χ0v) is 11.0. The van der Waals surface area contributed by atoms with Crippen LogP contribution in [0.5, 0.6) is 0 Å². The Hall–Kier alpha value is -0.810. The van der Waals surface area contributed by atoms with Crippen LogP contribution in [0, 0.1) is 5.92 Å². The van der Waals surface area contributed by atoms with Crippen molar-refractivity contribution in [3.8, 4) is 0 Å². The molecule has 0 heterocycles. The molecule has 0 spiro atoms. The Labute approximate surface area is 103 Å². The number of carbonyl (C=O) groups is 1. The summed E-state index contributed by atoms with van der Waals surface area (Å²) in [7, 11) is 0. The van der Waals surface area contributed by atoms with Gasteiger partial charge in [-0.15, -0.1) is 0 Å². The Bertz CT molecular complexity index is 245. The van der Waals surface area contributed by atoms with Crippen LogP contribution in [-0.2, 0) is 9.57 Å². The van der Waals surface area contributed by atoms with E-state index in [0.29, 0.717) is 12.5 Å². The van der Waals surface area contributed by atoms with Crippen LogP contribution in [-0.4, -0.2) is 24.3 Å². The third-order valence-electron chi connectivity index (χ3n) is 2.95. The second-order valence-electron chi connectivity index (χ2n) is 5.60. The molecule has 1 aliphatic carbocycles. The molecule has 100 valence electrons. The molecule has 1 rings (SSSR count). The van der Waals surface area contributed by atoms with Crippen LogP contribution in [0.1, 0.15) is 46.5 Å². The van der Waals surface area contributed by atoms with Crippen molar-refractivity contribution >= 4 is 6.09 Å². The molecule has 1 amide bonds. The highest BCUT2D eigenvalue weighted by Gasteiger charge is 2.26. The molecular formula is C12H24N2O3. The molecule has 5 heteroatoms. The lowest BCUT2D eigenvalue weighted by molar-refractivity contribution is 0.00772. The lowest BCUT2D eigenvalue weighted by atomic mass is 10.0. The Morgan fingerprint density at radius 3 is 2.47 bits per heavy atom. The number of hydrogen-bond acceptors (Lipinski definition) is 4. The highest BCUT2D eigenvalue weighted by molar-refractivity contribution is 5.67. The first-order chi connectivity index (χ1) is 7.92. The molecule has 17 heavy (non-hydrogen) atoms. The third kappa shape index (κ3) is 5.37. The van der Waals surface area contributed by atoms with Crippen molar-refractivity contribution in [2.24, 2.45) is 11.8 Å². The van der Waals surface area contributed by atoms with Crippen molar-refractivity contribution in [2.45, 2.75) is 58.2 Å². The van der Waals surface area contributed by atoms with Gasteiger partial charge in [0.1, 0.15) is 5.60 Å². The van der Waals surface area contributed by atoms with Crippen molar-refractivity contribution < 1.29 is 14.4 Å². The Balaban J connectivity index is 2.29. The maximum atomic E-state index is 11.5. The summed E-state index contributed by atoms with van der Waals surface area (Å²) in [6.07, 6.45) is 4.16. The summed E-state index contributed by atoms with van der Waals surface area (Å²) in [6.45, 7) is 5.91. The number of ether oxygens (including phenoxy) is 1. The summed E-state index contributed by atoms with van der Waals surface area (Å²) in [5, 5.41) is 2.70. The van der Waals surface area contributed by atoms with Crippen LogP contribution in [0.2, 0.25) is 0 Å². The second kappa shape index (κ2) is 6.21. The molecule has 1 atom stereocenters. The summed E-state index contributed by atoms with van der Waals surface area (Å²) < 4.78 is 5.15. The summed E-state index contributed by atoms with van der Waals surface area (Å²) in [6, 6.07) is 0. The number of rotatable bonds is 4. The summed E-state index contributed by atoms with van der Waals surface area (Å²) in [4.78, 5) is 16.4. The minimum atomic E-state index is -0.476. The Morgan fingerprint density at radius 1 is 1.41 bits per heavy atom. The van der Waals surface area contributed by atoms with Crippen molar-refractivity contribution in [1.82, 2.24) is 5.32 Å². The minimum Gasteiger partial charge on any atom is -0.444 e. The molecule has 0 aromatic rings. The monoisotopic (exact) mass is 244 g/mol. The lowest BCUT2D eigenvalue weighted by Crippen LogP contribution is -2.41. The van der Waals surface area contributed by atoms with Crippen LogP contribution < -0.4 is 11.2 Å². The van der Waals surface area contributed by atoms with Gasteiger partial charge in [0.15, 0.2) is 0 Å². The van der Waals surface area contributed by atoms with Crippen molar-refractivity contribution in [3.05, 3.63) is 0 Å². The first-order valence-corrected chi connectivity index (χ1v) is 6.25. The zero-order valence-electron chi connectivity index (χ0n) is 11.0. The van der Waals surface area contributed by atoms with Crippen LogP contribution in [0.4, 0.5) is 4.79 Å². The summed E-state index contributed by atoms with van der Waals surface area (Å²) in [5.41, 5.74) is -0.476. The number of amides is 1. The van der Waals surface area contributed by atoms with Gasteiger partial charge >= 0.3 is 6.09 Å². The van der Waals surface area contributed by atoms with E-state index in [2.05, 4.69) is 5.32 Å². The lowest BCUT2D eigenvalue weighted by Gasteiger charge is -2.23. The average molecular weight is 244 g/mol. The van der Waals surface area contributed by atoms with E-state index in [4.69, 9.17) is 15.5 Å². The molecule has 1 fully saturated rings.